The first-order chi connectivity index (χ1) is 22.0. The highest BCUT2D eigenvalue weighted by Crippen LogP contribution is 2.16. The van der Waals surface area contributed by atoms with Crippen molar-refractivity contribution >= 4 is 23.8 Å². The summed E-state index contributed by atoms with van der Waals surface area (Å²) in [5, 5.41) is 22.6. The van der Waals surface area contributed by atoms with Crippen molar-refractivity contribution < 1.29 is 34.1 Å². The molecule has 268 valence electrons. The molecule has 0 aliphatic carbocycles. The molecule has 2 atom stereocenters. The van der Waals surface area contributed by atoms with Gasteiger partial charge in [-0.25, -0.2) is 4.79 Å². The summed E-state index contributed by atoms with van der Waals surface area (Å²) < 4.78 is 5.70. The van der Waals surface area contributed by atoms with Gasteiger partial charge in [-0.1, -0.05) is 130 Å². The van der Waals surface area contributed by atoms with E-state index in [0.29, 0.717) is 12.8 Å². The molecule has 0 aromatic carbocycles. The van der Waals surface area contributed by atoms with Crippen molar-refractivity contribution in [2.45, 2.75) is 175 Å². The predicted molar refractivity (Wildman–Crippen MR) is 185 cm³/mol. The number of carbonyl (C=O) groups is 4. The maximum Gasteiger partial charge on any atom is 0.328 e. The number of nitrogens with one attached hydrogen (secondary N) is 2. The fraction of sp³-hybridized carbons (Fsp3) is 0.838. The van der Waals surface area contributed by atoms with E-state index in [1.54, 1.807) is 0 Å². The SMILES string of the molecule is CC(C)CCCCCCC/C=C/CCC(=O)O[C@H](CCCCCCCCCCCC(C)C)CC(=O)NCC(=O)N[C@@H](CO)C(=O)O. The zero-order valence-corrected chi connectivity index (χ0v) is 29.7. The van der Waals surface area contributed by atoms with Gasteiger partial charge in [0, 0.05) is 6.42 Å². The number of carbonyl (C=O) groups excluding carboxylic acids is 3. The van der Waals surface area contributed by atoms with Gasteiger partial charge in [-0.05, 0) is 43.9 Å². The van der Waals surface area contributed by atoms with Crippen molar-refractivity contribution in [2.75, 3.05) is 13.2 Å². The summed E-state index contributed by atoms with van der Waals surface area (Å²) >= 11 is 0. The monoisotopic (exact) mass is 653 g/mol. The molecule has 0 aliphatic rings. The number of rotatable bonds is 31. The first kappa shape index (κ1) is 43.6. The van der Waals surface area contributed by atoms with Crippen LogP contribution in [-0.4, -0.2) is 59.3 Å². The summed E-state index contributed by atoms with van der Waals surface area (Å²) in [6.07, 6.45) is 25.4. The number of unbranched alkanes of at least 4 members (excludes halogenated alkanes) is 13. The molecule has 4 N–H and O–H groups in total. The van der Waals surface area contributed by atoms with E-state index in [-0.39, 0.29) is 18.8 Å². The van der Waals surface area contributed by atoms with Crippen molar-refractivity contribution in [3.63, 3.8) is 0 Å². The Morgan fingerprint density at radius 1 is 0.652 bits per heavy atom. The van der Waals surface area contributed by atoms with Crippen molar-refractivity contribution in [3.8, 4) is 0 Å². The van der Waals surface area contributed by atoms with Crippen molar-refractivity contribution in [2.24, 2.45) is 11.8 Å². The molecule has 0 saturated carbocycles. The molecule has 0 aliphatic heterocycles. The van der Waals surface area contributed by atoms with Gasteiger partial charge in [0.05, 0.1) is 19.6 Å². The third kappa shape index (κ3) is 29.0. The van der Waals surface area contributed by atoms with Crippen LogP contribution in [0.15, 0.2) is 12.2 Å². The van der Waals surface area contributed by atoms with Crippen molar-refractivity contribution in [1.29, 1.82) is 0 Å². The normalized spacial score (nSPS) is 12.8. The van der Waals surface area contributed by atoms with Gasteiger partial charge in [0.25, 0.3) is 0 Å². The molecule has 46 heavy (non-hydrogen) atoms. The minimum Gasteiger partial charge on any atom is -0.480 e. The lowest BCUT2D eigenvalue weighted by molar-refractivity contribution is -0.150. The number of hydrogen-bond acceptors (Lipinski definition) is 6. The molecule has 0 radical (unpaired) electrons. The Morgan fingerprint density at radius 2 is 1.13 bits per heavy atom. The molecule has 0 bridgehead atoms. The number of esters is 1. The van der Waals surface area contributed by atoms with E-state index in [2.05, 4.69) is 44.4 Å². The molecule has 0 unspecified atom stereocenters. The standard InChI is InChI=1S/C37H68N2O7/c1-30(2)23-19-15-11-7-5-9-13-17-21-25-32(27-34(41)38-28-35(42)39-33(29-40)37(44)45)46-36(43)26-22-18-14-10-6-8-12-16-20-24-31(3)4/h14,18,30-33,40H,5-13,15-17,19-29H2,1-4H3,(H,38,41)(H,39,42)(H,44,45)/b18-14+/t32-,33+/m1/s1. The highest BCUT2D eigenvalue weighted by Gasteiger charge is 2.21. The molecule has 0 spiro atoms. The Morgan fingerprint density at radius 3 is 1.63 bits per heavy atom. The van der Waals surface area contributed by atoms with Gasteiger partial charge in [-0.15, -0.1) is 0 Å². The zero-order valence-electron chi connectivity index (χ0n) is 29.7. The van der Waals surface area contributed by atoms with Gasteiger partial charge in [-0.3, -0.25) is 14.4 Å². The number of aliphatic hydroxyl groups is 1. The lowest BCUT2D eigenvalue weighted by atomic mass is 10.0. The van der Waals surface area contributed by atoms with Crippen LogP contribution in [0.3, 0.4) is 0 Å². The van der Waals surface area contributed by atoms with Crippen LogP contribution in [0.1, 0.15) is 163 Å². The summed E-state index contributed by atoms with van der Waals surface area (Å²) in [5.74, 6) is -1.31. The number of carboxylic acids is 1. The second-order valence-electron chi connectivity index (χ2n) is 13.6. The van der Waals surface area contributed by atoms with Crippen LogP contribution in [0.2, 0.25) is 0 Å². The summed E-state index contributed by atoms with van der Waals surface area (Å²) in [7, 11) is 0. The number of aliphatic carboxylic acids is 1. The number of hydrogen-bond donors (Lipinski definition) is 4. The number of ether oxygens (including phenoxy) is 1. The molecular weight excluding hydrogens is 584 g/mol. The van der Waals surface area contributed by atoms with E-state index in [1.807, 2.05) is 6.08 Å². The fourth-order valence-electron chi connectivity index (χ4n) is 5.28. The first-order valence-corrected chi connectivity index (χ1v) is 18.3. The number of carboxylic acid groups (broad SMARTS) is 1. The average Bonchev–Trinajstić information content (AvgIpc) is 2.99. The molecule has 0 saturated heterocycles. The molecule has 0 fully saturated rings. The molecule has 0 aromatic heterocycles. The van der Waals surface area contributed by atoms with Gasteiger partial charge in [0.2, 0.25) is 11.8 Å². The molecule has 9 nitrogen and oxygen atoms in total. The van der Waals surface area contributed by atoms with Crippen LogP contribution >= 0.6 is 0 Å². The summed E-state index contributed by atoms with van der Waals surface area (Å²) in [5.41, 5.74) is 0. The lowest BCUT2D eigenvalue weighted by Crippen LogP contribution is -2.47. The molecule has 9 heteroatoms. The van der Waals surface area contributed by atoms with Crippen LogP contribution in [-0.2, 0) is 23.9 Å². The van der Waals surface area contributed by atoms with Crippen LogP contribution in [0.5, 0.6) is 0 Å². The van der Waals surface area contributed by atoms with E-state index >= 15 is 0 Å². The Hall–Kier alpha value is -2.42. The second-order valence-corrected chi connectivity index (χ2v) is 13.6. The third-order valence-corrected chi connectivity index (χ3v) is 8.11. The molecule has 2 amide bonds. The molecular formula is C37H68N2O7. The zero-order chi connectivity index (χ0) is 34.4. The smallest absolute Gasteiger partial charge is 0.328 e. The van der Waals surface area contributed by atoms with Crippen LogP contribution < -0.4 is 10.6 Å². The van der Waals surface area contributed by atoms with Gasteiger partial charge in [-0.2, -0.15) is 0 Å². The minimum atomic E-state index is -1.43. The maximum absolute atomic E-state index is 12.6. The Balaban J connectivity index is 4.50. The Bertz CT molecular complexity index is 829. The average molecular weight is 653 g/mol. The van der Waals surface area contributed by atoms with Gasteiger partial charge >= 0.3 is 11.9 Å². The second kappa shape index (κ2) is 29.9. The van der Waals surface area contributed by atoms with Gasteiger partial charge < -0.3 is 25.6 Å². The molecule has 0 rings (SSSR count). The fourth-order valence-corrected chi connectivity index (χ4v) is 5.28. The topological polar surface area (TPSA) is 142 Å². The lowest BCUT2D eigenvalue weighted by Gasteiger charge is -2.18. The Kier molecular flexibility index (Phi) is 28.4. The summed E-state index contributed by atoms with van der Waals surface area (Å²) in [6.45, 7) is 7.89. The van der Waals surface area contributed by atoms with Crippen LogP contribution in [0, 0.1) is 11.8 Å². The number of allylic oxidation sites excluding steroid dienone is 2. The number of amides is 2. The highest BCUT2D eigenvalue weighted by molar-refractivity contribution is 5.88. The van der Waals surface area contributed by atoms with Gasteiger partial charge in [0.15, 0.2) is 0 Å². The van der Waals surface area contributed by atoms with E-state index < -0.39 is 43.1 Å². The predicted octanol–water partition coefficient (Wildman–Crippen LogP) is 7.64. The third-order valence-electron chi connectivity index (χ3n) is 8.11. The van der Waals surface area contributed by atoms with Crippen LogP contribution in [0.25, 0.3) is 0 Å². The first-order valence-electron chi connectivity index (χ1n) is 18.3. The van der Waals surface area contributed by atoms with Gasteiger partial charge in [0.1, 0.15) is 12.1 Å². The maximum atomic E-state index is 12.6. The van der Waals surface area contributed by atoms with E-state index in [4.69, 9.17) is 14.9 Å². The molecule has 0 aromatic rings. The van der Waals surface area contributed by atoms with E-state index in [9.17, 15) is 19.2 Å². The van der Waals surface area contributed by atoms with E-state index in [1.165, 1.54) is 77.0 Å². The quantitative estimate of drug-likeness (QED) is 0.0343. The highest BCUT2D eigenvalue weighted by atomic mass is 16.5. The minimum absolute atomic E-state index is 0.0647. The largest absolute Gasteiger partial charge is 0.480 e. The Labute approximate surface area is 280 Å². The van der Waals surface area contributed by atoms with E-state index in [0.717, 1.165) is 43.9 Å². The number of aliphatic hydroxyl groups excluding tert-OH is 1. The van der Waals surface area contributed by atoms with Crippen molar-refractivity contribution in [3.05, 3.63) is 12.2 Å². The van der Waals surface area contributed by atoms with Crippen molar-refractivity contribution in [1.82, 2.24) is 10.6 Å². The summed E-state index contributed by atoms with van der Waals surface area (Å²) in [4.78, 5) is 48.1. The van der Waals surface area contributed by atoms with Crippen LogP contribution in [0.4, 0.5) is 0 Å². The summed E-state index contributed by atoms with van der Waals surface area (Å²) in [6, 6.07) is -1.43. The molecule has 0 heterocycles.